The number of hydrogen-bond acceptors (Lipinski definition) is 3. The van der Waals surface area contributed by atoms with E-state index in [4.69, 9.17) is 4.74 Å². The maximum absolute atomic E-state index is 12.3. The molecule has 0 aromatic heterocycles. The number of ether oxygens (including phenoxy) is 1. The van der Waals surface area contributed by atoms with Crippen LogP contribution in [0.2, 0.25) is 0 Å². The number of rotatable bonds is 6. The molecule has 3 rings (SSSR count). The van der Waals surface area contributed by atoms with Crippen LogP contribution in [0, 0.1) is 6.92 Å². The van der Waals surface area contributed by atoms with Gasteiger partial charge in [-0.1, -0.05) is 35.2 Å². The maximum Gasteiger partial charge on any atom is 0.262 e. The van der Waals surface area contributed by atoms with Crippen molar-refractivity contribution in [3.05, 3.63) is 58.1 Å². The fourth-order valence-electron chi connectivity index (χ4n) is 3.34. The third-order valence-electron chi connectivity index (χ3n) is 4.87. The van der Waals surface area contributed by atoms with Crippen molar-refractivity contribution in [2.24, 2.45) is 0 Å². The Labute approximate surface area is 174 Å². The number of nitrogens with one attached hydrogen (secondary N) is 2. The molecule has 1 fully saturated rings. The summed E-state index contributed by atoms with van der Waals surface area (Å²) in [6, 6.07) is 12.8. The molecule has 1 aliphatic carbocycles. The molecule has 2 aromatic rings. The van der Waals surface area contributed by atoms with Gasteiger partial charge in [0.25, 0.3) is 11.8 Å². The lowest BCUT2D eigenvalue weighted by Gasteiger charge is -2.22. The third kappa shape index (κ3) is 5.83. The second kappa shape index (κ2) is 9.73. The third-order valence-corrected chi connectivity index (χ3v) is 5.36. The van der Waals surface area contributed by atoms with E-state index in [1.165, 1.54) is 19.3 Å². The van der Waals surface area contributed by atoms with Crippen molar-refractivity contribution in [2.45, 2.75) is 45.1 Å². The van der Waals surface area contributed by atoms with Gasteiger partial charge in [0.1, 0.15) is 5.75 Å². The van der Waals surface area contributed by atoms with Crippen LogP contribution in [0.25, 0.3) is 0 Å². The molecule has 0 bridgehead atoms. The molecule has 2 aromatic carbocycles. The van der Waals surface area contributed by atoms with Gasteiger partial charge < -0.3 is 15.4 Å². The Kier molecular flexibility index (Phi) is 7.09. The van der Waals surface area contributed by atoms with E-state index in [9.17, 15) is 9.59 Å². The molecule has 0 radical (unpaired) electrons. The van der Waals surface area contributed by atoms with Gasteiger partial charge in [-0.15, -0.1) is 0 Å². The van der Waals surface area contributed by atoms with E-state index in [0.29, 0.717) is 17.0 Å². The fraction of sp³-hybridized carbons (Fsp3) is 0.364. The molecule has 0 saturated heterocycles. The van der Waals surface area contributed by atoms with E-state index in [2.05, 4.69) is 26.6 Å². The first kappa shape index (κ1) is 20.4. The molecule has 28 heavy (non-hydrogen) atoms. The topological polar surface area (TPSA) is 67.4 Å². The Morgan fingerprint density at radius 1 is 1.07 bits per heavy atom. The molecule has 5 nitrogen and oxygen atoms in total. The SMILES string of the molecule is Cc1cc(Br)ccc1OCC(=O)Nc1ccc(C(=O)NC2CCCCC2)cc1. The van der Waals surface area contributed by atoms with Crippen LogP contribution in [0.5, 0.6) is 5.75 Å². The molecule has 148 valence electrons. The second-order valence-corrected chi connectivity index (χ2v) is 8.05. The largest absolute Gasteiger partial charge is 0.483 e. The zero-order valence-corrected chi connectivity index (χ0v) is 17.6. The summed E-state index contributed by atoms with van der Waals surface area (Å²) in [6.45, 7) is 1.85. The van der Waals surface area contributed by atoms with Crippen molar-refractivity contribution in [3.63, 3.8) is 0 Å². The highest BCUT2D eigenvalue weighted by atomic mass is 79.9. The van der Waals surface area contributed by atoms with E-state index in [-0.39, 0.29) is 24.5 Å². The lowest BCUT2D eigenvalue weighted by Crippen LogP contribution is -2.36. The molecule has 2 N–H and O–H groups in total. The molecule has 0 atom stereocenters. The molecule has 0 aliphatic heterocycles. The smallest absolute Gasteiger partial charge is 0.262 e. The van der Waals surface area contributed by atoms with Crippen LogP contribution in [0.1, 0.15) is 48.0 Å². The monoisotopic (exact) mass is 444 g/mol. The van der Waals surface area contributed by atoms with Crippen LogP contribution in [-0.2, 0) is 4.79 Å². The average Bonchev–Trinajstić information content (AvgIpc) is 2.68. The predicted octanol–water partition coefficient (Wildman–Crippen LogP) is 4.84. The van der Waals surface area contributed by atoms with Crippen LogP contribution in [0.15, 0.2) is 46.9 Å². The number of hydrogen-bond donors (Lipinski definition) is 2. The van der Waals surface area contributed by atoms with Crippen LogP contribution in [0.4, 0.5) is 5.69 Å². The quantitative estimate of drug-likeness (QED) is 0.669. The molecule has 0 spiro atoms. The van der Waals surface area contributed by atoms with Crippen LogP contribution in [-0.4, -0.2) is 24.5 Å². The molecule has 1 saturated carbocycles. The Bertz CT molecular complexity index is 830. The molecular weight excluding hydrogens is 420 g/mol. The summed E-state index contributed by atoms with van der Waals surface area (Å²) in [5, 5.41) is 5.88. The number of halogens is 1. The van der Waals surface area contributed by atoms with E-state index in [1.54, 1.807) is 24.3 Å². The number of carbonyl (C=O) groups is 2. The molecule has 0 unspecified atom stereocenters. The highest BCUT2D eigenvalue weighted by Crippen LogP contribution is 2.22. The van der Waals surface area contributed by atoms with Crippen molar-refractivity contribution in [1.82, 2.24) is 5.32 Å². The van der Waals surface area contributed by atoms with Crippen LogP contribution < -0.4 is 15.4 Å². The predicted molar refractivity (Wildman–Crippen MR) is 114 cm³/mol. The number of amides is 2. The summed E-state index contributed by atoms with van der Waals surface area (Å²) in [5.41, 5.74) is 2.19. The van der Waals surface area contributed by atoms with Crippen LogP contribution in [0.3, 0.4) is 0 Å². The van der Waals surface area contributed by atoms with Crippen molar-refractivity contribution >= 4 is 33.4 Å². The molecular formula is C22H25BrN2O3. The zero-order valence-electron chi connectivity index (χ0n) is 16.0. The van der Waals surface area contributed by atoms with Gasteiger partial charge in [-0.25, -0.2) is 0 Å². The lowest BCUT2D eigenvalue weighted by molar-refractivity contribution is -0.118. The van der Waals surface area contributed by atoms with E-state index >= 15 is 0 Å². The Balaban J connectivity index is 1.49. The van der Waals surface area contributed by atoms with Gasteiger partial charge in [0.05, 0.1) is 0 Å². The average molecular weight is 445 g/mol. The van der Waals surface area contributed by atoms with Crippen molar-refractivity contribution in [2.75, 3.05) is 11.9 Å². The minimum absolute atomic E-state index is 0.0566. The first-order chi connectivity index (χ1) is 13.5. The van der Waals surface area contributed by atoms with Gasteiger partial charge in [0.2, 0.25) is 0 Å². The highest BCUT2D eigenvalue weighted by Gasteiger charge is 2.16. The van der Waals surface area contributed by atoms with E-state index in [0.717, 1.165) is 22.9 Å². The second-order valence-electron chi connectivity index (χ2n) is 7.13. The molecule has 6 heteroatoms. The van der Waals surface area contributed by atoms with Gasteiger partial charge in [0.15, 0.2) is 6.61 Å². The van der Waals surface area contributed by atoms with Crippen LogP contribution >= 0.6 is 15.9 Å². The minimum Gasteiger partial charge on any atom is -0.483 e. The summed E-state index contributed by atoms with van der Waals surface area (Å²) < 4.78 is 6.54. The van der Waals surface area contributed by atoms with Crippen molar-refractivity contribution < 1.29 is 14.3 Å². The van der Waals surface area contributed by atoms with Gasteiger partial charge >= 0.3 is 0 Å². The molecule has 1 aliphatic rings. The molecule has 0 heterocycles. The summed E-state index contributed by atoms with van der Waals surface area (Å²) in [5.74, 6) is 0.369. The highest BCUT2D eigenvalue weighted by molar-refractivity contribution is 9.10. The standard InChI is InChI=1S/C22H25BrN2O3/c1-15-13-17(23)9-12-20(15)28-14-21(26)24-19-10-7-16(8-11-19)22(27)25-18-5-3-2-4-6-18/h7-13,18H,2-6,14H2,1H3,(H,24,26)(H,25,27). The summed E-state index contributed by atoms with van der Waals surface area (Å²) in [4.78, 5) is 24.5. The fourth-order valence-corrected chi connectivity index (χ4v) is 3.81. The number of benzene rings is 2. The Hall–Kier alpha value is -2.34. The zero-order chi connectivity index (χ0) is 19.9. The van der Waals surface area contributed by atoms with Gasteiger partial charge in [-0.05, 0) is 67.8 Å². The first-order valence-corrected chi connectivity index (χ1v) is 10.4. The number of carbonyl (C=O) groups excluding carboxylic acids is 2. The summed E-state index contributed by atoms with van der Waals surface area (Å²) in [6.07, 6.45) is 5.72. The maximum atomic E-state index is 12.3. The van der Waals surface area contributed by atoms with E-state index in [1.807, 2.05) is 25.1 Å². The lowest BCUT2D eigenvalue weighted by atomic mass is 9.95. The van der Waals surface area contributed by atoms with E-state index < -0.39 is 0 Å². The minimum atomic E-state index is -0.248. The van der Waals surface area contributed by atoms with Gasteiger partial charge in [0, 0.05) is 21.8 Å². The Morgan fingerprint density at radius 3 is 2.46 bits per heavy atom. The Morgan fingerprint density at radius 2 is 1.79 bits per heavy atom. The summed E-state index contributed by atoms with van der Waals surface area (Å²) >= 11 is 3.40. The van der Waals surface area contributed by atoms with Crippen molar-refractivity contribution in [1.29, 1.82) is 0 Å². The number of aryl methyl sites for hydroxylation is 1. The summed E-state index contributed by atoms with van der Waals surface area (Å²) in [7, 11) is 0. The van der Waals surface area contributed by atoms with Gasteiger partial charge in [-0.3, -0.25) is 9.59 Å². The first-order valence-electron chi connectivity index (χ1n) is 9.61. The van der Waals surface area contributed by atoms with Crippen molar-refractivity contribution in [3.8, 4) is 5.75 Å². The number of anilines is 1. The molecule has 2 amide bonds. The normalized spacial score (nSPS) is 14.4. The van der Waals surface area contributed by atoms with Gasteiger partial charge in [-0.2, -0.15) is 0 Å².